The quantitative estimate of drug-likeness (QED) is 0.870. The number of nitrogens with zero attached hydrogens (tertiary/aromatic N) is 4. The van der Waals surface area contributed by atoms with Gasteiger partial charge >= 0.3 is 0 Å². The molecule has 1 fully saturated rings. The van der Waals surface area contributed by atoms with Gasteiger partial charge in [-0.15, -0.1) is 0 Å². The molecule has 21 heavy (non-hydrogen) atoms. The summed E-state index contributed by atoms with van der Waals surface area (Å²) in [5.41, 5.74) is 3.06. The van der Waals surface area contributed by atoms with Crippen LogP contribution in [0.1, 0.15) is 41.5 Å². The molecule has 0 aliphatic heterocycles. The number of hydrogen-bond donors (Lipinski definition) is 0. The molecule has 0 N–H and O–H groups in total. The van der Waals surface area contributed by atoms with Gasteiger partial charge in [0.25, 0.3) is 5.91 Å². The lowest BCUT2D eigenvalue weighted by Crippen LogP contribution is -2.24. The fourth-order valence-corrected chi connectivity index (χ4v) is 2.48. The van der Waals surface area contributed by atoms with E-state index in [4.69, 9.17) is 0 Å². The third kappa shape index (κ3) is 2.55. The number of aryl methyl sites for hydroxylation is 1. The van der Waals surface area contributed by atoms with Crippen LogP contribution in [0.5, 0.6) is 0 Å². The minimum atomic E-state index is -0.0774. The fourth-order valence-electron chi connectivity index (χ4n) is 2.48. The summed E-state index contributed by atoms with van der Waals surface area (Å²) in [6.45, 7) is 1.95. The van der Waals surface area contributed by atoms with Crippen LogP contribution in [0.2, 0.25) is 0 Å². The molecule has 2 aromatic heterocycles. The third-order valence-corrected chi connectivity index (χ3v) is 3.95. The van der Waals surface area contributed by atoms with Crippen molar-refractivity contribution < 1.29 is 4.79 Å². The standard InChI is InChI=1S/C16H20N4O/c1-11-6-4-9-14(17-11)13-10-20(12-7-5-8-12)18-15(13)16(21)19(2)3/h4,6,9-10,12H,5,7-8H2,1-3H3. The van der Waals surface area contributed by atoms with Gasteiger partial charge in [-0.3, -0.25) is 14.5 Å². The van der Waals surface area contributed by atoms with Crippen molar-refractivity contribution >= 4 is 5.91 Å². The average Bonchev–Trinajstić information content (AvgIpc) is 2.80. The van der Waals surface area contributed by atoms with Crippen molar-refractivity contribution in [3.63, 3.8) is 0 Å². The Morgan fingerprint density at radius 1 is 1.33 bits per heavy atom. The number of pyridine rings is 1. The van der Waals surface area contributed by atoms with Gasteiger partial charge < -0.3 is 4.90 Å². The van der Waals surface area contributed by atoms with Gasteiger partial charge in [0.2, 0.25) is 0 Å². The lowest BCUT2D eigenvalue weighted by Gasteiger charge is -2.25. The van der Waals surface area contributed by atoms with E-state index in [1.807, 2.05) is 36.0 Å². The second kappa shape index (κ2) is 5.31. The minimum absolute atomic E-state index is 0.0774. The van der Waals surface area contributed by atoms with Crippen LogP contribution in [-0.4, -0.2) is 39.7 Å². The molecule has 1 aliphatic carbocycles. The van der Waals surface area contributed by atoms with E-state index in [1.54, 1.807) is 19.0 Å². The number of carbonyl (C=O) groups excluding carboxylic acids is 1. The summed E-state index contributed by atoms with van der Waals surface area (Å²) < 4.78 is 1.94. The SMILES string of the molecule is Cc1cccc(-c2cn(C3CCC3)nc2C(=O)N(C)C)n1. The monoisotopic (exact) mass is 284 g/mol. The molecule has 110 valence electrons. The van der Waals surface area contributed by atoms with E-state index in [9.17, 15) is 4.79 Å². The highest BCUT2D eigenvalue weighted by atomic mass is 16.2. The molecule has 2 heterocycles. The van der Waals surface area contributed by atoms with Crippen molar-refractivity contribution in [1.29, 1.82) is 0 Å². The Hall–Kier alpha value is -2.17. The lowest BCUT2D eigenvalue weighted by molar-refractivity contribution is 0.0820. The summed E-state index contributed by atoms with van der Waals surface area (Å²) in [4.78, 5) is 18.5. The Morgan fingerprint density at radius 2 is 2.10 bits per heavy atom. The summed E-state index contributed by atoms with van der Waals surface area (Å²) >= 11 is 0. The zero-order valence-electron chi connectivity index (χ0n) is 12.7. The van der Waals surface area contributed by atoms with Crippen LogP contribution in [-0.2, 0) is 0 Å². The number of aromatic nitrogens is 3. The highest BCUT2D eigenvalue weighted by molar-refractivity contribution is 5.98. The largest absolute Gasteiger partial charge is 0.343 e. The predicted molar refractivity (Wildman–Crippen MR) is 81.1 cm³/mol. The van der Waals surface area contributed by atoms with E-state index in [0.717, 1.165) is 29.8 Å². The van der Waals surface area contributed by atoms with Gasteiger partial charge in [0.05, 0.1) is 17.3 Å². The first-order valence-corrected chi connectivity index (χ1v) is 7.31. The molecular weight excluding hydrogens is 264 g/mol. The van der Waals surface area contributed by atoms with E-state index in [-0.39, 0.29) is 5.91 Å². The highest BCUT2D eigenvalue weighted by Crippen LogP contribution is 2.33. The van der Waals surface area contributed by atoms with Gasteiger partial charge in [-0.1, -0.05) is 6.07 Å². The molecule has 0 radical (unpaired) electrons. The Kier molecular flexibility index (Phi) is 3.49. The summed E-state index contributed by atoms with van der Waals surface area (Å²) in [6.07, 6.45) is 5.48. The van der Waals surface area contributed by atoms with Gasteiger partial charge in [0, 0.05) is 26.0 Å². The molecule has 0 atom stereocenters. The van der Waals surface area contributed by atoms with Crippen LogP contribution in [0, 0.1) is 6.92 Å². The molecule has 0 bridgehead atoms. The zero-order chi connectivity index (χ0) is 15.0. The maximum atomic E-state index is 12.4. The average molecular weight is 284 g/mol. The second-order valence-corrected chi connectivity index (χ2v) is 5.82. The van der Waals surface area contributed by atoms with Crippen molar-refractivity contribution in [1.82, 2.24) is 19.7 Å². The maximum absolute atomic E-state index is 12.4. The maximum Gasteiger partial charge on any atom is 0.274 e. The summed E-state index contributed by atoms with van der Waals surface area (Å²) in [7, 11) is 3.50. The van der Waals surface area contributed by atoms with Crippen LogP contribution >= 0.6 is 0 Å². The molecule has 5 nitrogen and oxygen atoms in total. The molecule has 0 spiro atoms. The van der Waals surface area contributed by atoms with E-state index in [1.165, 1.54) is 6.42 Å². The number of rotatable bonds is 3. The topological polar surface area (TPSA) is 51.0 Å². The molecule has 2 aromatic rings. The van der Waals surface area contributed by atoms with Gasteiger partial charge in [0.1, 0.15) is 0 Å². The van der Waals surface area contributed by atoms with Gasteiger partial charge in [0.15, 0.2) is 5.69 Å². The first-order chi connectivity index (χ1) is 10.1. The van der Waals surface area contributed by atoms with E-state index in [2.05, 4.69) is 10.1 Å². The molecule has 1 saturated carbocycles. The normalized spacial score (nSPS) is 14.8. The Balaban J connectivity index is 2.08. The van der Waals surface area contributed by atoms with E-state index < -0.39 is 0 Å². The van der Waals surface area contributed by atoms with Crippen LogP contribution in [0.3, 0.4) is 0 Å². The Bertz CT molecular complexity index is 671. The Morgan fingerprint density at radius 3 is 2.67 bits per heavy atom. The minimum Gasteiger partial charge on any atom is -0.343 e. The summed E-state index contributed by atoms with van der Waals surface area (Å²) in [6, 6.07) is 6.27. The van der Waals surface area contributed by atoms with Gasteiger partial charge in [-0.05, 0) is 38.3 Å². The van der Waals surface area contributed by atoms with Crippen molar-refractivity contribution in [3.8, 4) is 11.3 Å². The lowest BCUT2D eigenvalue weighted by atomic mass is 9.93. The van der Waals surface area contributed by atoms with Crippen molar-refractivity contribution in [2.45, 2.75) is 32.2 Å². The zero-order valence-corrected chi connectivity index (χ0v) is 12.7. The Labute approximate surface area is 124 Å². The smallest absolute Gasteiger partial charge is 0.274 e. The predicted octanol–water partition coefficient (Wildman–Crippen LogP) is 2.68. The second-order valence-electron chi connectivity index (χ2n) is 5.82. The van der Waals surface area contributed by atoms with Crippen LogP contribution < -0.4 is 0 Å². The molecule has 3 rings (SSSR count). The molecular formula is C16H20N4O. The number of hydrogen-bond acceptors (Lipinski definition) is 3. The summed E-state index contributed by atoms with van der Waals surface area (Å²) in [5, 5.41) is 4.54. The molecule has 0 saturated heterocycles. The van der Waals surface area contributed by atoms with Crippen molar-refractivity contribution in [2.24, 2.45) is 0 Å². The first kappa shape index (κ1) is 13.8. The van der Waals surface area contributed by atoms with Crippen molar-refractivity contribution in [2.75, 3.05) is 14.1 Å². The third-order valence-electron chi connectivity index (χ3n) is 3.95. The molecule has 1 amide bonds. The van der Waals surface area contributed by atoms with Gasteiger partial charge in [-0.25, -0.2) is 0 Å². The van der Waals surface area contributed by atoms with Crippen LogP contribution in [0.25, 0.3) is 11.3 Å². The number of carbonyl (C=O) groups is 1. The summed E-state index contributed by atoms with van der Waals surface area (Å²) in [5.74, 6) is -0.0774. The molecule has 0 aromatic carbocycles. The molecule has 5 heteroatoms. The fraction of sp³-hybridized carbons (Fsp3) is 0.438. The van der Waals surface area contributed by atoms with Crippen LogP contribution in [0.4, 0.5) is 0 Å². The number of amides is 1. The molecule has 0 unspecified atom stereocenters. The molecule has 1 aliphatic rings. The van der Waals surface area contributed by atoms with E-state index >= 15 is 0 Å². The van der Waals surface area contributed by atoms with Gasteiger partial charge in [-0.2, -0.15) is 5.10 Å². The van der Waals surface area contributed by atoms with E-state index in [0.29, 0.717) is 11.7 Å². The first-order valence-electron chi connectivity index (χ1n) is 7.31. The highest BCUT2D eigenvalue weighted by Gasteiger charge is 2.26. The van der Waals surface area contributed by atoms with Crippen LogP contribution in [0.15, 0.2) is 24.4 Å². The van der Waals surface area contributed by atoms with Crippen molar-refractivity contribution in [3.05, 3.63) is 35.8 Å².